The van der Waals surface area contributed by atoms with Crippen LogP contribution in [0, 0.1) is 0 Å². The van der Waals surface area contributed by atoms with Crippen molar-refractivity contribution >= 4 is 37.8 Å². The van der Waals surface area contributed by atoms with Gasteiger partial charge in [-0.3, -0.25) is 4.79 Å². The fourth-order valence-corrected chi connectivity index (χ4v) is 3.58. The van der Waals surface area contributed by atoms with E-state index >= 15 is 0 Å². The number of halogens is 2. The van der Waals surface area contributed by atoms with E-state index in [9.17, 15) is 9.90 Å². The van der Waals surface area contributed by atoms with Crippen LogP contribution in [0.25, 0.3) is 0 Å². The third-order valence-electron chi connectivity index (χ3n) is 3.42. The summed E-state index contributed by atoms with van der Waals surface area (Å²) in [6.45, 7) is 0.00683. The van der Waals surface area contributed by atoms with Crippen molar-refractivity contribution in [1.82, 2.24) is 5.32 Å². The molecule has 1 saturated carbocycles. The zero-order chi connectivity index (χ0) is 13.2. The fourth-order valence-electron chi connectivity index (χ4n) is 2.36. The van der Waals surface area contributed by atoms with Crippen molar-refractivity contribution in [3.8, 4) is 0 Å². The fraction of sp³-hybridized carbons (Fsp3) is 0.462. The molecule has 0 aromatic heterocycles. The van der Waals surface area contributed by atoms with Crippen LogP contribution in [0.2, 0.25) is 0 Å². The minimum atomic E-state index is -0.427. The van der Waals surface area contributed by atoms with Gasteiger partial charge in [-0.25, -0.2) is 0 Å². The number of rotatable bonds is 3. The van der Waals surface area contributed by atoms with Gasteiger partial charge in [-0.15, -0.1) is 0 Å². The van der Waals surface area contributed by atoms with Crippen molar-refractivity contribution in [2.24, 2.45) is 0 Å². The lowest BCUT2D eigenvalue weighted by Gasteiger charge is -2.28. The molecule has 2 N–H and O–H groups in total. The van der Waals surface area contributed by atoms with Gasteiger partial charge in [-0.05, 0) is 47.0 Å². The Hall–Kier alpha value is -0.390. The first kappa shape index (κ1) is 14.0. The van der Waals surface area contributed by atoms with Crippen LogP contribution in [-0.2, 0) is 0 Å². The Balaban J connectivity index is 2.16. The highest BCUT2D eigenvalue weighted by Crippen LogP contribution is 2.30. The van der Waals surface area contributed by atoms with Crippen molar-refractivity contribution in [3.63, 3.8) is 0 Å². The van der Waals surface area contributed by atoms with Gasteiger partial charge in [-0.1, -0.05) is 28.8 Å². The summed E-state index contributed by atoms with van der Waals surface area (Å²) in [7, 11) is 0. The molecule has 0 heterocycles. The lowest BCUT2D eigenvalue weighted by atomic mass is 9.98. The molecular weight excluding hydrogens is 362 g/mol. The molecule has 0 bridgehead atoms. The predicted molar refractivity (Wildman–Crippen MR) is 77.6 cm³/mol. The molecular formula is C13H15Br2NO2. The predicted octanol–water partition coefficient (Wildman–Crippen LogP) is 3.25. The average Bonchev–Trinajstić information content (AvgIpc) is 2.78. The van der Waals surface area contributed by atoms with Gasteiger partial charge >= 0.3 is 0 Å². The van der Waals surface area contributed by atoms with E-state index < -0.39 is 5.54 Å². The summed E-state index contributed by atoms with van der Waals surface area (Å²) >= 11 is 6.74. The number of carbonyl (C=O) groups is 1. The number of aliphatic hydroxyl groups excluding tert-OH is 1. The number of benzene rings is 1. The molecule has 1 aromatic rings. The van der Waals surface area contributed by atoms with Crippen LogP contribution in [0.5, 0.6) is 0 Å². The molecule has 1 aliphatic rings. The first-order valence-corrected chi connectivity index (χ1v) is 7.53. The lowest BCUT2D eigenvalue weighted by molar-refractivity contribution is 0.0837. The summed E-state index contributed by atoms with van der Waals surface area (Å²) in [6.07, 6.45) is 3.82. The maximum atomic E-state index is 12.2. The average molecular weight is 377 g/mol. The Kier molecular flexibility index (Phi) is 4.45. The van der Waals surface area contributed by atoms with Crippen LogP contribution < -0.4 is 5.32 Å². The minimum Gasteiger partial charge on any atom is -0.394 e. The summed E-state index contributed by atoms with van der Waals surface area (Å²) in [4.78, 5) is 12.2. The van der Waals surface area contributed by atoms with Gasteiger partial charge in [-0.2, -0.15) is 0 Å². The molecule has 3 nitrogen and oxygen atoms in total. The molecule has 0 aliphatic heterocycles. The molecule has 98 valence electrons. The van der Waals surface area contributed by atoms with Crippen molar-refractivity contribution in [2.45, 2.75) is 31.2 Å². The van der Waals surface area contributed by atoms with E-state index in [1.807, 2.05) is 12.1 Å². The molecule has 0 saturated heterocycles. The molecule has 5 heteroatoms. The Morgan fingerprint density at radius 3 is 2.56 bits per heavy atom. The highest BCUT2D eigenvalue weighted by atomic mass is 79.9. The quantitative estimate of drug-likeness (QED) is 0.850. The second-order valence-electron chi connectivity index (χ2n) is 4.72. The third kappa shape index (κ3) is 2.95. The van der Waals surface area contributed by atoms with Crippen molar-refractivity contribution < 1.29 is 9.90 Å². The summed E-state index contributed by atoms with van der Waals surface area (Å²) < 4.78 is 1.67. The van der Waals surface area contributed by atoms with Crippen LogP contribution >= 0.6 is 31.9 Å². The van der Waals surface area contributed by atoms with E-state index in [-0.39, 0.29) is 12.5 Å². The number of aliphatic hydroxyl groups is 1. The van der Waals surface area contributed by atoms with Gasteiger partial charge in [0.15, 0.2) is 0 Å². The van der Waals surface area contributed by atoms with Gasteiger partial charge < -0.3 is 10.4 Å². The number of amides is 1. The van der Waals surface area contributed by atoms with E-state index in [2.05, 4.69) is 37.2 Å². The van der Waals surface area contributed by atoms with Gasteiger partial charge in [0.05, 0.1) is 17.7 Å². The molecule has 1 aromatic carbocycles. The summed E-state index contributed by atoms with van der Waals surface area (Å²) in [6, 6.07) is 5.44. The van der Waals surface area contributed by atoms with Crippen LogP contribution in [-0.4, -0.2) is 23.2 Å². The first-order valence-electron chi connectivity index (χ1n) is 5.95. The van der Waals surface area contributed by atoms with Gasteiger partial charge in [0, 0.05) is 8.95 Å². The number of nitrogens with one attached hydrogen (secondary N) is 1. The first-order chi connectivity index (χ1) is 8.56. The maximum absolute atomic E-state index is 12.2. The second-order valence-corrected chi connectivity index (χ2v) is 6.49. The SMILES string of the molecule is O=C(NC1(CO)CCCC1)c1ccc(Br)cc1Br. The van der Waals surface area contributed by atoms with E-state index in [4.69, 9.17) is 0 Å². The molecule has 2 rings (SSSR count). The molecule has 0 radical (unpaired) electrons. The zero-order valence-corrected chi connectivity index (χ0v) is 13.1. The van der Waals surface area contributed by atoms with E-state index in [1.54, 1.807) is 6.07 Å². The van der Waals surface area contributed by atoms with Crippen LogP contribution in [0.15, 0.2) is 27.1 Å². The number of carbonyl (C=O) groups excluding carboxylic acids is 1. The summed E-state index contributed by atoms with van der Waals surface area (Å²) in [5.41, 5.74) is 0.168. The highest BCUT2D eigenvalue weighted by Gasteiger charge is 2.35. The lowest BCUT2D eigenvalue weighted by Crippen LogP contribution is -2.49. The van der Waals surface area contributed by atoms with E-state index in [1.165, 1.54) is 0 Å². The standard InChI is InChI=1S/C13H15Br2NO2/c14-9-3-4-10(11(15)7-9)12(18)16-13(8-17)5-1-2-6-13/h3-4,7,17H,1-2,5-6,8H2,(H,16,18). The molecule has 0 spiro atoms. The van der Waals surface area contributed by atoms with Gasteiger partial charge in [0.25, 0.3) is 5.91 Å². The number of hydrogen-bond acceptors (Lipinski definition) is 2. The zero-order valence-electron chi connectivity index (χ0n) is 9.88. The monoisotopic (exact) mass is 375 g/mol. The summed E-state index contributed by atoms with van der Waals surface area (Å²) in [5.74, 6) is -0.134. The molecule has 1 amide bonds. The third-order valence-corrected chi connectivity index (χ3v) is 4.57. The minimum absolute atomic E-state index is 0.00683. The summed E-state index contributed by atoms with van der Waals surface area (Å²) in [5, 5.41) is 12.5. The Morgan fingerprint density at radius 2 is 2.00 bits per heavy atom. The van der Waals surface area contributed by atoms with E-state index in [0.717, 1.165) is 34.6 Å². The Labute approximate surface area is 123 Å². The van der Waals surface area contributed by atoms with Crippen molar-refractivity contribution in [3.05, 3.63) is 32.7 Å². The molecule has 1 aliphatic carbocycles. The van der Waals surface area contributed by atoms with Crippen LogP contribution in [0.1, 0.15) is 36.0 Å². The topological polar surface area (TPSA) is 49.3 Å². The normalized spacial score (nSPS) is 17.7. The molecule has 1 fully saturated rings. The van der Waals surface area contributed by atoms with Crippen LogP contribution in [0.4, 0.5) is 0 Å². The van der Waals surface area contributed by atoms with Crippen molar-refractivity contribution in [1.29, 1.82) is 0 Å². The van der Waals surface area contributed by atoms with Crippen molar-refractivity contribution in [2.75, 3.05) is 6.61 Å². The molecule has 0 unspecified atom stereocenters. The smallest absolute Gasteiger partial charge is 0.252 e. The Morgan fingerprint density at radius 1 is 1.33 bits per heavy atom. The number of hydrogen-bond donors (Lipinski definition) is 2. The molecule has 18 heavy (non-hydrogen) atoms. The molecule has 0 atom stereocenters. The van der Waals surface area contributed by atoms with E-state index in [0.29, 0.717) is 5.56 Å². The van der Waals surface area contributed by atoms with Crippen LogP contribution in [0.3, 0.4) is 0 Å². The van der Waals surface area contributed by atoms with Gasteiger partial charge in [0.2, 0.25) is 0 Å². The largest absolute Gasteiger partial charge is 0.394 e. The highest BCUT2D eigenvalue weighted by molar-refractivity contribution is 9.11. The Bertz CT molecular complexity index is 456. The van der Waals surface area contributed by atoms with Gasteiger partial charge in [0.1, 0.15) is 0 Å². The second kappa shape index (κ2) is 5.72. The maximum Gasteiger partial charge on any atom is 0.252 e.